The molecule has 0 amide bonds. The van der Waals surface area contributed by atoms with Crippen molar-refractivity contribution in [3.05, 3.63) is 75.8 Å². The maximum absolute atomic E-state index is 12.9. The summed E-state index contributed by atoms with van der Waals surface area (Å²) < 4.78 is 0. The van der Waals surface area contributed by atoms with Crippen LogP contribution in [-0.2, 0) is 4.79 Å². The van der Waals surface area contributed by atoms with Crippen LogP contribution >= 0.6 is 0 Å². The number of carbonyl (C=O) groups is 2. The van der Waals surface area contributed by atoms with Gasteiger partial charge in [-0.2, -0.15) is 0 Å². The smallest absolute Gasteiger partial charge is 0.269 e. The number of nitro groups is 1. The van der Waals surface area contributed by atoms with E-state index in [4.69, 9.17) is 0 Å². The second-order valence-electron chi connectivity index (χ2n) is 7.48. The summed E-state index contributed by atoms with van der Waals surface area (Å²) in [5.41, 5.74) is 1.31. The number of carbonyl (C=O) groups excluding carboxylic acids is 2. The van der Waals surface area contributed by atoms with Crippen molar-refractivity contribution in [1.29, 1.82) is 0 Å². The van der Waals surface area contributed by atoms with Crippen LogP contribution in [0.15, 0.2) is 54.6 Å². The van der Waals surface area contributed by atoms with Crippen molar-refractivity contribution in [2.24, 2.45) is 5.92 Å². The molecule has 0 heterocycles. The highest BCUT2D eigenvalue weighted by atomic mass is 16.6. The first-order chi connectivity index (χ1) is 13.6. The SMILES string of the molecule is O=C(C[C@@H](c1cccc([N+](=O)[O-])c1)[C@@H]1CCCCCCC1=O)c1ccccc1. The van der Waals surface area contributed by atoms with Gasteiger partial charge < -0.3 is 0 Å². The first kappa shape index (κ1) is 19.9. The van der Waals surface area contributed by atoms with Crippen LogP contribution < -0.4 is 0 Å². The van der Waals surface area contributed by atoms with E-state index in [0.29, 0.717) is 17.5 Å². The standard InChI is InChI=1S/C23H25NO4/c25-22-14-7-2-1-6-13-20(22)21(16-23(26)17-9-4-3-5-10-17)18-11-8-12-19(15-18)24(27)28/h3-5,8-12,15,20-21H,1-2,6-7,13-14,16H2/t20-,21-/m0/s1. The van der Waals surface area contributed by atoms with E-state index < -0.39 is 4.92 Å². The topological polar surface area (TPSA) is 77.3 Å². The normalized spacial score (nSPS) is 18.7. The summed E-state index contributed by atoms with van der Waals surface area (Å²) in [7, 11) is 0. The Morgan fingerprint density at radius 1 is 1.04 bits per heavy atom. The third-order valence-electron chi connectivity index (χ3n) is 5.60. The van der Waals surface area contributed by atoms with E-state index in [-0.39, 0.29) is 35.5 Å². The Labute approximate surface area is 164 Å². The van der Waals surface area contributed by atoms with E-state index >= 15 is 0 Å². The van der Waals surface area contributed by atoms with Gasteiger partial charge in [0.1, 0.15) is 5.78 Å². The summed E-state index contributed by atoms with van der Waals surface area (Å²) in [6.07, 6.45) is 5.40. The molecule has 3 rings (SSSR count). The highest BCUT2D eigenvalue weighted by Crippen LogP contribution is 2.37. The van der Waals surface area contributed by atoms with Crippen molar-refractivity contribution in [1.82, 2.24) is 0 Å². The number of benzene rings is 2. The molecule has 2 aromatic rings. The van der Waals surface area contributed by atoms with Crippen LogP contribution in [0.2, 0.25) is 0 Å². The molecule has 1 aliphatic rings. The lowest BCUT2D eigenvalue weighted by Gasteiger charge is -2.28. The lowest BCUT2D eigenvalue weighted by atomic mass is 9.75. The number of rotatable bonds is 6. The van der Waals surface area contributed by atoms with Gasteiger partial charge in [-0.1, -0.05) is 61.7 Å². The molecule has 0 saturated heterocycles. The van der Waals surface area contributed by atoms with Crippen LogP contribution in [0, 0.1) is 16.0 Å². The molecular formula is C23H25NO4. The highest BCUT2D eigenvalue weighted by molar-refractivity contribution is 5.97. The number of hydrogen-bond donors (Lipinski definition) is 0. The van der Waals surface area contributed by atoms with Crippen molar-refractivity contribution < 1.29 is 14.5 Å². The Hall–Kier alpha value is -2.82. The van der Waals surface area contributed by atoms with Gasteiger partial charge in [-0.25, -0.2) is 0 Å². The molecule has 1 fully saturated rings. The molecule has 0 N–H and O–H groups in total. The summed E-state index contributed by atoms with van der Waals surface area (Å²) in [6, 6.07) is 15.4. The van der Waals surface area contributed by atoms with Crippen molar-refractivity contribution >= 4 is 17.3 Å². The second-order valence-corrected chi connectivity index (χ2v) is 7.48. The quantitative estimate of drug-likeness (QED) is 0.378. The number of nitrogens with zero attached hydrogens (tertiary/aromatic N) is 1. The molecule has 5 nitrogen and oxygen atoms in total. The largest absolute Gasteiger partial charge is 0.299 e. The number of Topliss-reactive ketones (excluding diaryl/α,β-unsaturated/α-hetero) is 2. The lowest BCUT2D eigenvalue weighted by molar-refractivity contribution is -0.384. The zero-order valence-electron chi connectivity index (χ0n) is 15.9. The summed E-state index contributed by atoms with van der Waals surface area (Å²) in [5, 5.41) is 11.2. The van der Waals surface area contributed by atoms with Crippen molar-refractivity contribution in [3.63, 3.8) is 0 Å². The molecule has 2 atom stereocenters. The minimum atomic E-state index is -0.431. The molecule has 28 heavy (non-hydrogen) atoms. The van der Waals surface area contributed by atoms with Crippen molar-refractivity contribution in [2.45, 2.75) is 50.9 Å². The van der Waals surface area contributed by atoms with Crippen LogP contribution in [0.3, 0.4) is 0 Å². The molecule has 0 unspecified atom stereocenters. The average Bonchev–Trinajstić information content (AvgIpc) is 2.70. The van der Waals surface area contributed by atoms with Crippen LogP contribution in [-0.4, -0.2) is 16.5 Å². The third-order valence-corrected chi connectivity index (χ3v) is 5.60. The Balaban J connectivity index is 1.95. The van der Waals surface area contributed by atoms with Gasteiger partial charge in [0.2, 0.25) is 0 Å². The Morgan fingerprint density at radius 2 is 1.79 bits per heavy atom. The van der Waals surface area contributed by atoms with Crippen LogP contribution in [0.5, 0.6) is 0 Å². The first-order valence-corrected chi connectivity index (χ1v) is 9.91. The van der Waals surface area contributed by atoms with Gasteiger partial charge in [-0.15, -0.1) is 0 Å². The summed E-state index contributed by atoms with van der Waals surface area (Å²) >= 11 is 0. The van der Waals surface area contributed by atoms with E-state index in [1.165, 1.54) is 12.1 Å². The van der Waals surface area contributed by atoms with E-state index in [2.05, 4.69) is 0 Å². The summed E-state index contributed by atoms with van der Waals surface area (Å²) in [4.78, 5) is 36.6. The molecule has 1 saturated carbocycles. The molecule has 146 valence electrons. The fourth-order valence-corrected chi connectivity index (χ4v) is 4.09. The molecule has 1 aliphatic carbocycles. The molecule has 0 aliphatic heterocycles. The maximum atomic E-state index is 12.9. The molecule has 5 heteroatoms. The number of non-ortho nitro benzene ring substituents is 1. The predicted molar refractivity (Wildman–Crippen MR) is 107 cm³/mol. The van der Waals surface area contributed by atoms with Gasteiger partial charge in [0.15, 0.2) is 5.78 Å². The van der Waals surface area contributed by atoms with E-state index in [0.717, 1.165) is 32.1 Å². The van der Waals surface area contributed by atoms with Gasteiger partial charge >= 0.3 is 0 Å². The Morgan fingerprint density at radius 3 is 2.54 bits per heavy atom. The van der Waals surface area contributed by atoms with E-state index in [9.17, 15) is 19.7 Å². The minimum Gasteiger partial charge on any atom is -0.299 e. The van der Waals surface area contributed by atoms with Gasteiger partial charge in [0.05, 0.1) is 4.92 Å². The summed E-state index contributed by atoms with van der Waals surface area (Å²) in [5.74, 6) is -0.461. The molecule has 0 radical (unpaired) electrons. The monoisotopic (exact) mass is 379 g/mol. The fraction of sp³-hybridized carbons (Fsp3) is 0.391. The minimum absolute atomic E-state index is 0.00652. The predicted octanol–water partition coefficient (Wildman–Crippen LogP) is 5.49. The van der Waals surface area contributed by atoms with Crippen molar-refractivity contribution in [2.75, 3.05) is 0 Å². The highest BCUT2D eigenvalue weighted by Gasteiger charge is 2.32. The summed E-state index contributed by atoms with van der Waals surface area (Å²) in [6.45, 7) is 0. The average molecular weight is 379 g/mol. The molecule has 0 spiro atoms. The van der Waals surface area contributed by atoms with Crippen LogP contribution in [0.25, 0.3) is 0 Å². The third kappa shape index (κ3) is 4.91. The van der Waals surface area contributed by atoms with Crippen LogP contribution in [0.4, 0.5) is 5.69 Å². The van der Waals surface area contributed by atoms with Crippen molar-refractivity contribution in [3.8, 4) is 0 Å². The van der Waals surface area contributed by atoms with E-state index in [1.54, 1.807) is 18.2 Å². The first-order valence-electron chi connectivity index (χ1n) is 9.91. The molecular weight excluding hydrogens is 354 g/mol. The lowest BCUT2D eigenvalue weighted by Crippen LogP contribution is -2.26. The maximum Gasteiger partial charge on any atom is 0.269 e. The number of nitro benzene ring substituents is 1. The zero-order valence-corrected chi connectivity index (χ0v) is 15.9. The molecule has 2 aromatic carbocycles. The Kier molecular flexibility index (Phi) is 6.69. The Bertz CT molecular complexity index is 847. The zero-order chi connectivity index (χ0) is 19.9. The second kappa shape index (κ2) is 9.40. The van der Waals surface area contributed by atoms with E-state index in [1.807, 2.05) is 24.3 Å². The van der Waals surface area contributed by atoms with Crippen LogP contribution in [0.1, 0.15) is 66.8 Å². The van der Waals surface area contributed by atoms with Gasteiger partial charge in [0, 0.05) is 42.4 Å². The van der Waals surface area contributed by atoms with Gasteiger partial charge in [-0.3, -0.25) is 19.7 Å². The molecule has 0 aromatic heterocycles. The number of hydrogen-bond acceptors (Lipinski definition) is 4. The fourth-order valence-electron chi connectivity index (χ4n) is 4.09. The van der Waals surface area contributed by atoms with Gasteiger partial charge in [-0.05, 0) is 18.4 Å². The molecule has 0 bridgehead atoms. The van der Waals surface area contributed by atoms with Gasteiger partial charge in [0.25, 0.3) is 5.69 Å². The number of ketones is 2.